The van der Waals surface area contributed by atoms with Crippen LogP contribution in [0.1, 0.15) is 27.8 Å². The number of benzene rings is 10. The number of hydrogen-bond donors (Lipinski definition) is 0. The molecule has 5 nitrogen and oxygen atoms in total. The van der Waals surface area contributed by atoms with Crippen LogP contribution in [0.4, 0.5) is 0 Å². The van der Waals surface area contributed by atoms with E-state index in [1.165, 1.54) is 49.9 Å². The van der Waals surface area contributed by atoms with E-state index < -0.39 is 5.41 Å². The van der Waals surface area contributed by atoms with E-state index in [9.17, 15) is 0 Å². The summed E-state index contributed by atoms with van der Waals surface area (Å²) >= 11 is 2.51. The predicted molar refractivity (Wildman–Crippen MR) is 296 cm³/mol. The minimum atomic E-state index is -0.467. The zero-order valence-corrected chi connectivity index (χ0v) is 42.5. The van der Waals surface area contributed by atoms with E-state index in [0.717, 1.165) is 87.8 Å². The van der Waals surface area contributed by atoms with Crippen molar-refractivity contribution in [2.24, 2.45) is 0 Å². The summed E-state index contributed by atoms with van der Waals surface area (Å²) in [4.78, 5) is 5.05. The fraction of sp³-hybridized carbons (Fsp3) is 0.0294. The van der Waals surface area contributed by atoms with E-state index >= 15 is 0 Å². The molecular formula is C68H44N4OPt. The Balaban J connectivity index is 0.892. The molecule has 0 bridgehead atoms. The van der Waals surface area contributed by atoms with Crippen molar-refractivity contribution in [3.05, 3.63) is 280 Å². The molecule has 6 heteroatoms. The van der Waals surface area contributed by atoms with Gasteiger partial charge in [0, 0.05) is 6.20 Å². The zero-order chi connectivity index (χ0) is 49.1. The summed E-state index contributed by atoms with van der Waals surface area (Å²) < 4.78 is 15.1. The van der Waals surface area contributed by atoms with Gasteiger partial charge in [-0.25, -0.2) is 0 Å². The van der Waals surface area contributed by atoms with Gasteiger partial charge in [0.15, 0.2) is 0 Å². The molecule has 3 heterocycles. The normalized spacial score (nSPS) is 12.9. The van der Waals surface area contributed by atoms with E-state index in [0.29, 0.717) is 0 Å². The summed E-state index contributed by atoms with van der Waals surface area (Å²) in [7, 11) is 0. The number of fused-ring (bicyclic) bond motifs is 14. The molecular weight excluding hydrogens is 1080 g/mol. The average molecular weight is 1130 g/mol. The van der Waals surface area contributed by atoms with Gasteiger partial charge < -0.3 is 0 Å². The SMILES string of the molecule is Cc1ccnc(-n2c3cc(Oc4cccc(-n5[c](=[Pt])n(-c6c(-c7ccccc7)cccc6-c6ccccc6)c6ccccc65)c4)ccc3c3cc4c(cc32)C2(c3ccccc3-c3ccccc32)c2ccccc2-4)c1. The fourth-order valence-corrected chi connectivity index (χ4v) is 13.5. The van der Waals surface area contributed by atoms with E-state index in [-0.39, 0.29) is 0 Å². The number of aromatic nitrogens is 4. The molecule has 0 saturated carbocycles. The summed E-state index contributed by atoms with van der Waals surface area (Å²) in [6.07, 6.45) is 1.92. The van der Waals surface area contributed by atoms with Crippen LogP contribution in [0.5, 0.6) is 11.5 Å². The number of imidazole rings is 1. The Morgan fingerprint density at radius 2 is 0.932 bits per heavy atom. The van der Waals surface area contributed by atoms with Gasteiger partial charge in [-0.1, -0.05) is 72.8 Å². The Kier molecular flexibility index (Phi) is 9.58. The molecule has 1 spiro atoms. The number of pyridine rings is 1. The van der Waals surface area contributed by atoms with Crippen molar-refractivity contribution in [2.75, 3.05) is 0 Å². The molecule has 3 aromatic heterocycles. The first-order valence-electron chi connectivity index (χ1n) is 25.1. The number of hydrogen-bond acceptors (Lipinski definition) is 2. The second kappa shape index (κ2) is 16.6. The number of ether oxygens (including phenoxy) is 1. The van der Waals surface area contributed by atoms with Gasteiger partial charge in [0.2, 0.25) is 0 Å². The Morgan fingerprint density at radius 1 is 0.392 bits per heavy atom. The van der Waals surface area contributed by atoms with Crippen molar-refractivity contribution >= 4 is 32.8 Å². The summed E-state index contributed by atoms with van der Waals surface area (Å²) in [5.41, 5.74) is 22.2. The Bertz CT molecular complexity index is 4400. The first-order chi connectivity index (χ1) is 36.5. The van der Waals surface area contributed by atoms with Crippen LogP contribution in [0, 0.1) is 10.7 Å². The predicted octanol–water partition coefficient (Wildman–Crippen LogP) is 16.8. The van der Waals surface area contributed by atoms with Crippen molar-refractivity contribution in [3.8, 4) is 73.2 Å². The van der Waals surface area contributed by atoms with Gasteiger partial charge in [-0.3, -0.25) is 0 Å². The van der Waals surface area contributed by atoms with Gasteiger partial charge in [-0.2, -0.15) is 0 Å². The molecule has 2 aliphatic rings. The van der Waals surface area contributed by atoms with Gasteiger partial charge >= 0.3 is 294 Å². The summed E-state index contributed by atoms with van der Waals surface area (Å²) in [6, 6.07) is 87.9. The molecule has 0 fully saturated rings. The minimum absolute atomic E-state index is 0.467. The summed E-state index contributed by atoms with van der Waals surface area (Å²) in [5.74, 6) is 2.35. The zero-order valence-electron chi connectivity index (χ0n) is 40.2. The molecule has 352 valence electrons. The molecule has 2 aliphatic carbocycles. The number of rotatable bonds is 7. The van der Waals surface area contributed by atoms with Gasteiger partial charge in [0.05, 0.1) is 5.41 Å². The van der Waals surface area contributed by atoms with Crippen LogP contribution >= 0.6 is 0 Å². The molecule has 0 radical (unpaired) electrons. The maximum absolute atomic E-state index is 6.98. The summed E-state index contributed by atoms with van der Waals surface area (Å²) in [6.45, 7) is 2.14. The molecule has 0 aliphatic heterocycles. The second-order valence-electron chi connectivity index (χ2n) is 19.4. The number of para-hydroxylation sites is 3. The van der Waals surface area contributed by atoms with Crippen LogP contribution in [0.25, 0.3) is 94.5 Å². The van der Waals surface area contributed by atoms with Crippen LogP contribution in [-0.2, 0) is 24.8 Å². The van der Waals surface area contributed by atoms with Crippen LogP contribution in [0.2, 0.25) is 0 Å². The fourth-order valence-electron chi connectivity index (χ4n) is 12.4. The number of nitrogens with zero attached hydrogens (tertiary/aromatic N) is 4. The van der Waals surface area contributed by atoms with Crippen LogP contribution in [0.3, 0.4) is 0 Å². The average Bonchev–Trinajstić information content (AvgIpc) is 4.16. The third kappa shape index (κ3) is 6.20. The number of aryl methyl sites for hydroxylation is 1. The molecule has 0 saturated heterocycles. The topological polar surface area (TPSA) is 36.9 Å². The third-order valence-electron chi connectivity index (χ3n) is 15.4. The van der Waals surface area contributed by atoms with Crippen molar-refractivity contribution in [2.45, 2.75) is 12.3 Å². The molecule has 0 amide bonds. The van der Waals surface area contributed by atoms with Crippen molar-refractivity contribution in [3.63, 3.8) is 0 Å². The first kappa shape index (κ1) is 42.8. The molecule has 0 atom stereocenters. The Hall–Kier alpha value is -8.89. The molecule has 0 N–H and O–H groups in total. The third-order valence-corrected chi connectivity index (χ3v) is 16.4. The van der Waals surface area contributed by atoms with E-state index in [2.05, 4.69) is 283 Å². The van der Waals surface area contributed by atoms with Crippen LogP contribution < -0.4 is 4.74 Å². The second-order valence-corrected chi connectivity index (χ2v) is 20.5. The van der Waals surface area contributed by atoms with Gasteiger partial charge in [-0.15, -0.1) is 0 Å². The monoisotopic (exact) mass is 1130 g/mol. The van der Waals surface area contributed by atoms with Crippen LogP contribution in [0.15, 0.2) is 249 Å². The van der Waals surface area contributed by atoms with Crippen molar-refractivity contribution < 1.29 is 24.1 Å². The van der Waals surface area contributed by atoms with Crippen LogP contribution in [-0.4, -0.2) is 18.7 Å². The molecule has 15 rings (SSSR count). The Labute approximate surface area is 438 Å². The molecule has 74 heavy (non-hydrogen) atoms. The van der Waals surface area contributed by atoms with E-state index in [4.69, 9.17) is 9.72 Å². The Morgan fingerprint density at radius 3 is 1.58 bits per heavy atom. The maximum atomic E-state index is 6.98. The molecule has 10 aromatic carbocycles. The van der Waals surface area contributed by atoms with Crippen molar-refractivity contribution in [1.82, 2.24) is 18.7 Å². The summed E-state index contributed by atoms with van der Waals surface area (Å²) in [5, 5.41) is 2.32. The molecule has 13 aromatic rings. The van der Waals surface area contributed by atoms with E-state index in [1.807, 2.05) is 6.20 Å². The van der Waals surface area contributed by atoms with Gasteiger partial charge in [-0.05, 0) is 63.1 Å². The van der Waals surface area contributed by atoms with E-state index in [1.54, 1.807) is 0 Å². The van der Waals surface area contributed by atoms with Crippen molar-refractivity contribution in [1.29, 1.82) is 0 Å². The molecule has 0 unspecified atom stereocenters. The van der Waals surface area contributed by atoms with Gasteiger partial charge in [0.1, 0.15) is 0 Å². The quantitative estimate of drug-likeness (QED) is 0.159. The smallest absolute Gasteiger partial charge is 0.0619 e. The minimum Gasteiger partial charge on any atom is -0.0619 e. The first-order valence-corrected chi connectivity index (χ1v) is 26.2. The standard InChI is InChI=1S/C68H44N4O.Pt/c1-44-36-37-69-66(38-44)72-64-40-49(34-35-55(64)57-41-56-54-26-10-13-31-60(54)68(61(56)42-65(57)72)58-29-11-8-24-52(58)53-25-9-12-30-59(53)68)73-48-23-16-22-47(39-48)70-43-71(63-33-15-14-32-62(63)70)67-50(45-18-4-2-5-19-45)27-17-28-51(67)46-20-6-3-7-21-46;/h2-42H,1H3;. The van der Waals surface area contributed by atoms with Gasteiger partial charge in [0.25, 0.3) is 0 Å².